The van der Waals surface area contributed by atoms with Gasteiger partial charge in [0, 0.05) is 11.6 Å². The standard InChI is InChI=1S/C10H8N2O/c13-10-6-9(11-7-12-10)8-4-2-1-3-5-8/h1-7H,(H,11,12,13). The quantitative estimate of drug-likeness (QED) is 0.714. The van der Waals surface area contributed by atoms with Crippen LogP contribution in [-0.4, -0.2) is 15.1 Å². The van der Waals surface area contributed by atoms with Gasteiger partial charge in [0.1, 0.15) is 6.33 Å². The summed E-state index contributed by atoms with van der Waals surface area (Å²) in [5.41, 5.74) is 1.70. The summed E-state index contributed by atoms with van der Waals surface area (Å²) in [6.45, 7) is 0. The molecule has 64 valence electrons. The monoisotopic (exact) mass is 172 g/mol. The van der Waals surface area contributed by atoms with Gasteiger partial charge in [0.15, 0.2) is 0 Å². The van der Waals surface area contributed by atoms with Crippen LogP contribution in [0.25, 0.3) is 11.3 Å². The van der Waals surface area contributed by atoms with Crippen molar-refractivity contribution >= 4 is 0 Å². The zero-order chi connectivity index (χ0) is 9.10. The van der Waals surface area contributed by atoms with Gasteiger partial charge in [-0.2, -0.15) is 0 Å². The Labute approximate surface area is 75.7 Å². The topological polar surface area (TPSA) is 46.0 Å². The van der Waals surface area contributed by atoms with E-state index >= 15 is 0 Å². The van der Waals surface area contributed by atoms with E-state index in [9.17, 15) is 0 Å². The van der Waals surface area contributed by atoms with E-state index in [2.05, 4.69) is 9.97 Å². The van der Waals surface area contributed by atoms with Gasteiger partial charge in [-0.15, -0.1) is 0 Å². The van der Waals surface area contributed by atoms with E-state index in [1.54, 1.807) is 0 Å². The highest BCUT2D eigenvalue weighted by Crippen LogP contribution is 2.17. The van der Waals surface area contributed by atoms with Crippen molar-refractivity contribution in [1.29, 1.82) is 0 Å². The van der Waals surface area contributed by atoms with Crippen LogP contribution in [0.2, 0.25) is 0 Å². The maximum atomic E-state index is 9.12. The van der Waals surface area contributed by atoms with Gasteiger partial charge in [-0.1, -0.05) is 30.3 Å². The number of aromatic hydroxyl groups is 1. The van der Waals surface area contributed by atoms with Crippen molar-refractivity contribution in [3.8, 4) is 17.1 Å². The SMILES string of the molecule is Oc1cc(-c2ccccc2)ncn1. The van der Waals surface area contributed by atoms with Gasteiger partial charge in [0.25, 0.3) is 0 Å². The molecule has 0 atom stereocenters. The predicted molar refractivity (Wildman–Crippen MR) is 49.1 cm³/mol. The number of aromatic nitrogens is 2. The van der Waals surface area contributed by atoms with Crippen LogP contribution in [0.5, 0.6) is 5.88 Å². The van der Waals surface area contributed by atoms with Gasteiger partial charge in [-0.05, 0) is 0 Å². The molecule has 0 fully saturated rings. The van der Waals surface area contributed by atoms with Gasteiger partial charge in [0.05, 0.1) is 5.69 Å². The molecule has 0 aliphatic heterocycles. The highest BCUT2D eigenvalue weighted by atomic mass is 16.3. The summed E-state index contributed by atoms with van der Waals surface area (Å²) in [6.07, 6.45) is 1.34. The zero-order valence-electron chi connectivity index (χ0n) is 6.88. The molecule has 0 unspecified atom stereocenters. The van der Waals surface area contributed by atoms with Crippen molar-refractivity contribution in [3.63, 3.8) is 0 Å². The molecule has 2 aromatic rings. The third-order valence-corrected chi connectivity index (χ3v) is 1.72. The van der Waals surface area contributed by atoms with E-state index in [-0.39, 0.29) is 5.88 Å². The lowest BCUT2D eigenvalue weighted by Gasteiger charge is -1.98. The smallest absolute Gasteiger partial charge is 0.214 e. The lowest BCUT2D eigenvalue weighted by Crippen LogP contribution is -1.83. The Kier molecular flexibility index (Phi) is 1.92. The highest BCUT2D eigenvalue weighted by molar-refractivity contribution is 5.59. The number of nitrogens with zero attached hydrogens (tertiary/aromatic N) is 2. The predicted octanol–water partition coefficient (Wildman–Crippen LogP) is 1.85. The molecular weight excluding hydrogens is 164 g/mol. The molecule has 3 nitrogen and oxygen atoms in total. The second kappa shape index (κ2) is 3.23. The average Bonchev–Trinajstić information content (AvgIpc) is 2.19. The minimum Gasteiger partial charge on any atom is -0.493 e. The molecule has 0 amide bonds. The molecule has 3 heteroatoms. The van der Waals surface area contributed by atoms with E-state index in [0.717, 1.165) is 11.3 Å². The van der Waals surface area contributed by atoms with E-state index < -0.39 is 0 Å². The zero-order valence-corrected chi connectivity index (χ0v) is 6.88. The second-order valence-electron chi connectivity index (χ2n) is 2.63. The minimum absolute atomic E-state index is 0.00569. The summed E-state index contributed by atoms with van der Waals surface area (Å²) in [7, 11) is 0. The lowest BCUT2D eigenvalue weighted by atomic mass is 10.1. The first-order chi connectivity index (χ1) is 6.36. The second-order valence-corrected chi connectivity index (χ2v) is 2.63. The van der Waals surface area contributed by atoms with Crippen LogP contribution >= 0.6 is 0 Å². The van der Waals surface area contributed by atoms with Gasteiger partial charge < -0.3 is 5.11 Å². The molecule has 13 heavy (non-hydrogen) atoms. The Hall–Kier alpha value is -1.90. The normalized spacial score (nSPS) is 9.85. The summed E-state index contributed by atoms with van der Waals surface area (Å²) in [5, 5.41) is 9.12. The number of rotatable bonds is 1. The van der Waals surface area contributed by atoms with Crippen LogP contribution in [0.4, 0.5) is 0 Å². The molecule has 1 aromatic carbocycles. The van der Waals surface area contributed by atoms with E-state index in [1.165, 1.54) is 12.4 Å². The van der Waals surface area contributed by atoms with Crippen LogP contribution in [0.15, 0.2) is 42.7 Å². The Morgan fingerprint density at radius 3 is 2.46 bits per heavy atom. The molecule has 1 N–H and O–H groups in total. The van der Waals surface area contributed by atoms with Crippen LogP contribution in [0, 0.1) is 0 Å². The van der Waals surface area contributed by atoms with Crippen LogP contribution in [-0.2, 0) is 0 Å². The fourth-order valence-electron chi connectivity index (χ4n) is 1.11. The summed E-state index contributed by atoms with van der Waals surface area (Å²) >= 11 is 0. The van der Waals surface area contributed by atoms with Crippen LogP contribution < -0.4 is 0 Å². The van der Waals surface area contributed by atoms with Crippen molar-refractivity contribution in [3.05, 3.63) is 42.7 Å². The largest absolute Gasteiger partial charge is 0.493 e. The molecule has 0 spiro atoms. The number of hydrogen-bond donors (Lipinski definition) is 1. The third-order valence-electron chi connectivity index (χ3n) is 1.72. The first-order valence-corrected chi connectivity index (χ1v) is 3.93. The fourth-order valence-corrected chi connectivity index (χ4v) is 1.11. The van der Waals surface area contributed by atoms with Crippen molar-refractivity contribution in [2.75, 3.05) is 0 Å². The average molecular weight is 172 g/mol. The first-order valence-electron chi connectivity index (χ1n) is 3.93. The maximum absolute atomic E-state index is 9.12. The first kappa shape index (κ1) is 7.73. The lowest BCUT2D eigenvalue weighted by molar-refractivity contribution is 0.452. The Morgan fingerprint density at radius 1 is 1.00 bits per heavy atom. The van der Waals surface area contributed by atoms with E-state index in [1.807, 2.05) is 30.3 Å². The molecule has 0 aliphatic rings. The fraction of sp³-hybridized carbons (Fsp3) is 0. The molecule has 0 radical (unpaired) electrons. The molecule has 2 rings (SSSR count). The third kappa shape index (κ3) is 1.64. The molecule has 1 heterocycles. The Morgan fingerprint density at radius 2 is 1.77 bits per heavy atom. The van der Waals surface area contributed by atoms with Crippen molar-refractivity contribution in [2.45, 2.75) is 0 Å². The number of benzene rings is 1. The minimum atomic E-state index is -0.00569. The van der Waals surface area contributed by atoms with Crippen molar-refractivity contribution in [1.82, 2.24) is 9.97 Å². The van der Waals surface area contributed by atoms with Gasteiger partial charge in [-0.25, -0.2) is 9.97 Å². The molecule has 0 saturated heterocycles. The Bertz CT molecular complexity index is 401. The molecule has 0 bridgehead atoms. The summed E-state index contributed by atoms with van der Waals surface area (Å²) in [5.74, 6) is -0.00569. The summed E-state index contributed by atoms with van der Waals surface area (Å²) < 4.78 is 0. The molecule has 1 aromatic heterocycles. The molecule has 0 saturated carbocycles. The van der Waals surface area contributed by atoms with E-state index in [4.69, 9.17) is 5.11 Å². The summed E-state index contributed by atoms with van der Waals surface area (Å²) in [6, 6.07) is 11.2. The van der Waals surface area contributed by atoms with Crippen LogP contribution in [0.1, 0.15) is 0 Å². The van der Waals surface area contributed by atoms with Gasteiger partial charge >= 0.3 is 0 Å². The number of hydrogen-bond acceptors (Lipinski definition) is 3. The van der Waals surface area contributed by atoms with Crippen molar-refractivity contribution < 1.29 is 5.11 Å². The van der Waals surface area contributed by atoms with Crippen molar-refractivity contribution in [2.24, 2.45) is 0 Å². The molecular formula is C10H8N2O. The van der Waals surface area contributed by atoms with E-state index in [0.29, 0.717) is 0 Å². The maximum Gasteiger partial charge on any atom is 0.214 e. The highest BCUT2D eigenvalue weighted by Gasteiger charge is 1.98. The van der Waals surface area contributed by atoms with Gasteiger partial charge in [0.2, 0.25) is 5.88 Å². The summed E-state index contributed by atoms with van der Waals surface area (Å²) in [4.78, 5) is 7.65. The van der Waals surface area contributed by atoms with Crippen LogP contribution in [0.3, 0.4) is 0 Å². The van der Waals surface area contributed by atoms with Gasteiger partial charge in [-0.3, -0.25) is 0 Å². The Balaban J connectivity index is 2.48. The molecule has 0 aliphatic carbocycles.